The Morgan fingerprint density at radius 3 is 1.94 bits per heavy atom. The number of hydrogen-bond acceptors (Lipinski definition) is 2. The zero-order valence-electron chi connectivity index (χ0n) is 12.3. The van der Waals surface area contributed by atoms with Crippen molar-refractivity contribution >= 4 is 0 Å². The summed E-state index contributed by atoms with van der Waals surface area (Å²) >= 11 is 0. The minimum Gasteiger partial charge on any atom is -0.376 e. The Hall–Kier alpha value is -0.0800. The fourth-order valence-corrected chi connectivity index (χ4v) is 2.56. The van der Waals surface area contributed by atoms with Gasteiger partial charge in [-0.2, -0.15) is 0 Å². The third-order valence-corrected chi connectivity index (χ3v) is 3.76. The highest BCUT2D eigenvalue weighted by atomic mass is 16.6. The fourth-order valence-electron chi connectivity index (χ4n) is 2.56. The van der Waals surface area contributed by atoms with Crippen LogP contribution in [0, 0.1) is 0 Å². The highest BCUT2D eigenvalue weighted by molar-refractivity contribution is 4.61. The van der Waals surface area contributed by atoms with Crippen molar-refractivity contribution in [3.05, 3.63) is 0 Å². The zero-order chi connectivity index (χ0) is 12.9. The van der Waals surface area contributed by atoms with Crippen molar-refractivity contribution < 1.29 is 9.47 Å². The van der Waals surface area contributed by atoms with Crippen LogP contribution in [0.3, 0.4) is 0 Å². The van der Waals surface area contributed by atoms with E-state index in [1.54, 1.807) is 0 Å². The maximum absolute atomic E-state index is 5.64. The molecule has 1 atom stereocenters. The van der Waals surface area contributed by atoms with Gasteiger partial charge in [-0.25, -0.2) is 0 Å². The molecule has 0 aromatic heterocycles. The van der Waals surface area contributed by atoms with Gasteiger partial charge in [-0.1, -0.05) is 71.1 Å². The van der Waals surface area contributed by atoms with Crippen LogP contribution in [0.2, 0.25) is 0 Å². The van der Waals surface area contributed by atoms with Gasteiger partial charge in [-0.05, 0) is 6.42 Å². The summed E-state index contributed by atoms with van der Waals surface area (Å²) in [6.45, 7) is 4.68. The topological polar surface area (TPSA) is 18.5 Å². The molecule has 1 unspecified atom stereocenters. The van der Waals surface area contributed by atoms with E-state index in [-0.39, 0.29) is 0 Å². The van der Waals surface area contributed by atoms with Crippen LogP contribution in [0.4, 0.5) is 0 Å². The van der Waals surface area contributed by atoms with E-state index in [2.05, 4.69) is 6.92 Å². The molecule has 1 aliphatic heterocycles. The third kappa shape index (κ3) is 8.93. The Bertz CT molecular complexity index is 164. The van der Waals surface area contributed by atoms with E-state index in [4.69, 9.17) is 9.47 Å². The molecule has 2 nitrogen and oxygen atoms in total. The van der Waals surface area contributed by atoms with Gasteiger partial charge in [0.05, 0.1) is 25.9 Å². The van der Waals surface area contributed by atoms with Crippen molar-refractivity contribution in [2.24, 2.45) is 0 Å². The maximum Gasteiger partial charge on any atom is 0.0809 e. The van der Waals surface area contributed by atoms with Gasteiger partial charge in [0.15, 0.2) is 0 Å². The molecule has 0 radical (unpaired) electrons. The van der Waals surface area contributed by atoms with Gasteiger partial charge in [-0.3, -0.25) is 0 Å². The smallest absolute Gasteiger partial charge is 0.0809 e. The van der Waals surface area contributed by atoms with Gasteiger partial charge in [0.1, 0.15) is 0 Å². The lowest BCUT2D eigenvalue weighted by atomic mass is 10.0. The molecule has 108 valence electrons. The maximum atomic E-state index is 5.64. The SMILES string of the molecule is CCCCCCCCCCCCC1COCCO1. The predicted molar refractivity (Wildman–Crippen MR) is 77.0 cm³/mol. The summed E-state index contributed by atoms with van der Waals surface area (Å²) in [6.07, 6.45) is 15.6. The number of unbranched alkanes of at least 4 members (excludes halogenated alkanes) is 9. The molecule has 1 rings (SSSR count). The molecule has 0 saturated carbocycles. The Kier molecular flexibility index (Phi) is 10.6. The van der Waals surface area contributed by atoms with Gasteiger partial charge >= 0.3 is 0 Å². The van der Waals surface area contributed by atoms with Gasteiger partial charge in [0, 0.05) is 0 Å². The molecule has 1 aliphatic rings. The molecule has 1 saturated heterocycles. The molecule has 0 aromatic rings. The van der Waals surface area contributed by atoms with Crippen LogP contribution < -0.4 is 0 Å². The van der Waals surface area contributed by atoms with Crippen LogP contribution in [0.1, 0.15) is 77.6 Å². The molecule has 18 heavy (non-hydrogen) atoms. The molecule has 1 heterocycles. The van der Waals surface area contributed by atoms with Crippen molar-refractivity contribution in [1.29, 1.82) is 0 Å². The Balaban J connectivity index is 1.73. The first-order valence-corrected chi connectivity index (χ1v) is 8.13. The second-order valence-electron chi connectivity index (χ2n) is 5.54. The third-order valence-electron chi connectivity index (χ3n) is 3.76. The van der Waals surface area contributed by atoms with Gasteiger partial charge in [0.25, 0.3) is 0 Å². The van der Waals surface area contributed by atoms with Crippen molar-refractivity contribution in [2.75, 3.05) is 19.8 Å². The fraction of sp³-hybridized carbons (Fsp3) is 1.00. The molecule has 0 aromatic carbocycles. The minimum atomic E-state index is 0.382. The first kappa shape index (κ1) is 16.0. The van der Waals surface area contributed by atoms with Crippen LogP contribution in [0.25, 0.3) is 0 Å². The van der Waals surface area contributed by atoms with Crippen LogP contribution in [0.5, 0.6) is 0 Å². The van der Waals surface area contributed by atoms with E-state index in [1.807, 2.05) is 0 Å². The first-order chi connectivity index (χ1) is 8.93. The van der Waals surface area contributed by atoms with E-state index in [0.717, 1.165) is 19.8 Å². The molecule has 1 fully saturated rings. The molecular formula is C16H32O2. The van der Waals surface area contributed by atoms with E-state index in [0.29, 0.717) is 6.10 Å². The van der Waals surface area contributed by atoms with E-state index < -0.39 is 0 Å². The molecule has 0 bridgehead atoms. The van der Waals surface area contributed by atoms with Gasteiger partial charge in [0.2, 0.25) is 0 Å². The van der Waals surface area contributed by atoms with Crippen LogP contribution in [-0.2, 0) is 9.47 Å². The summed E-state index contributed by atoms with van der Waals surface area (Å²) in [5, 5.41) is 0. The van der Waals surface area contributed by atoms with Crippen LogP contribution in [0.15, 0.2) is 0 Å². The minimum absolute atomic E-state index is 0.382. The molecule has 0 aliphatic carbocycles. The summed E-state index contributed by atoms with van der Waals surface area (Å²) in [7, 11) is 0. The number of ether oxygens (including phenoxy) is 2. The molecule has 0 spiro atoms. The van der Waals surface area contributed by atoms with Crippen molar-refractivity contribution in [1.82, 2.24) is 0 Å². The summed E-state index contributed by atoms with van der Waals surface area (Å²) < 4.78 is 11.0. The lowest BCUT2D eigenvalue weighted by molar-refractivity contribution is -0.0912. The lowest BCUT2D eigenvalue weighted by Crippen LogP contribution is -2.28. The second-order valence-corrected chi connectivity index (χ2v) is 5.54. The lowest BCUT2D eigenvalue weighted by Gasteiger charge is -2.22. The summed E-state index contributed by atoms with van der Waals surface area (Å²) in [4.78, 5) is 0. The average Bonchev–Trinajstić information content (AvgIpc) is 2.42. The Labute approximate surface area is 113 Å². The van der Waals surface area contributed by atoms with E-state index in [9.17, 15) is 0 Å². The zero-order valence-corrected chi connectivity index (χ0v) is 12.3. The molecular weight excluding hydrogens is 224 g/mol. The van der Waals surface area contributed by atoms with Crippen LogP contribution in [-0.4, -0.2) is 25.9 Å². The predicted octanol–water partition coefficient (Wildman–Crippen LogP) is 4.71. The Morgan fingerprint density at radius 1 is 0.778 bits per heavy atom. The largest absolute Gasteiger partial charge is 0.376 e. The average molecular weight is 256 g/mol. The number of hydrogen-bond donors (Lipinski definition) is 0. The Morgan fingerprint density at radius 2 is 1.39 bits per heavy atom. The quantitative estimate of drug-likeness (QED) is 0.498. The number of rotatable bonds is 11. The van der Waals surface area contributed by atoms with E-state index >= 15 is 0 Å². The van der Waals surface area contributed by atoms with Crippen molar-refractivity contribution in [2.45, 2.75) is 83.7 Å². The first-order valence-electron chi connectivity index (χ1n) is 8.13. The van der Waals surface area contributed by atoms with Gasteiger partial charge < -0.3 is 9.47 Å². The van der Waals surface area contributed by atoms with Crippen LogP contribution >= 0.6 is 0 Å². The monoisotopic (exact) mass is 256 g/mol. The van der Waals surface area contributed by atoms with E-state index in [1.165, 1.54) is 70.6 Å². The van der Waals surface area contributed by atoms with Crippen molar-refractivity contribution in [3.8, 4) is 0 Å². The highest BCUT2D eigenvalue weighted by Crippen LogP contribution is 2.14. The van der Waals surface area contributed by atoms with Gasteiger partial charge in [-0.15, -0.1) is 0 Å². The standard InChI is InChI=1S/C16H32O2/c1-2-3-4-5-6-7-8-9-10-11-12-16-15-17-13-14-18-16/h16H,2-15H2,1H3. The van der Waals surface area contributed by atoms with Crippen molar-refractivity contribution in [3.63, 3.8) is 0 Å². The summed E-state index contributed by atoms with van der Waals surface area (Å²) in [5.74, 6) is 0. The molecule has 2 heteroatoms. The highest BCUT2D eigenvalue weighted by Gasteiger charge is 2.12. The molecule has 0 amide bonds. The summed E-state index contributed by atoms with van der Waals surface area (Å²) in [5.41, 5.74) is 0. The summed E-state index contributed by atoms with van der Waals surface area (Å²) in [6, 6.07) is 0. The normalized spacial score (nSPS) is 20.2. The molecule has 0 N–H and O–H groups in total. The second kappa shape index (κ2) is 12.0.